The quantitative estimate of drug-likeness (QED) is 0.597. The van der Waals surface area contributed by atoms with Crippen molar-refractivity contribution in [3.05, 3.63) is 12.3 Å². The van der Waals surface area contributed by atoms with E-state index in [1.54, 1.807) is 7.05 Å². The molecule has 1 aliphatic heterocycles. The van der Waals surface area contributed by atoms with Crippen LogP contribution in [0.15, 0.2) is 22.3 Å². The predicted molar refractivity (Wildman–Crippen MR) is 67.4 cm³/mol. The lowest BCUT2D eigenvalue weighted by Crippen LogP contribution is -2.47. The third-order valence-corrected chi connectivity index (χ3v) is 5.32. The number of rotatable bonds is 3. The third-order valence-electron chi connectivity index (χ3n) is 3.38. The highest BCUT2D eigenvalue weighted by atomic mass is 32.2. The van der Waals surface area contributed by atoms with Gasteiger partial charge in [0.25, 0.3) is 10.0 Å². The molecular weight excluding hydrogens is 268 g/mol. The van der Waals surface area contributed by atoms with E-state index in [1.165, 1.54) is 27.3 Å². The average molecular weight is 284 g/mol. The van der Waals surface area contributed by atoms with Gasteiger partial charge < -0.3 is 0 Å². The van der Waals surface area contributed by atoms with E-state index in [-0.39, 0.29) is 10.9 Å². The van der Waals surface area contributed by atoms with E-state index >= 15 is 0 Å². The first-order valence-corrected chi connectivity index (χ1v) is 7.49. The van der Waals surface area contributed by atoms with Crippen LogP contribution in [0.4, 0.5) is 0 Å². The number of piperidine rings is 1. The van der Waals surface area contributed by atoms with E-state index in [9.17, 15) is 13.2 Å². The molecule has 0 saturated carbocycles. The zero-order valence-electron chi connectivity index (χ0n) is 10.9. The van der Waals surface area contributed by atoms with Gasteiger partial charge in [0.2, 0.25) is 6.08 Å². The molecule has 2 unspecified atom stereocenters. The fourth-order valence-corrected chi connectivity index (χ4v) is 4.14. The summed E-state index contributed by atoms with van der Waals surface area (Å²) in [6, 6.07) is 1.44. The van der Waals surface area contributed by atoms with Gasteiger partial charge in [-0.1, -0.05) is 6.92 Å². The molecule has 0 N–H and O–H groups in total. The van der Waals surface area contributed by atoms with Crippen molar-refractivity contribution in [1.82, 2.24) is 14.1 Å². The molecule has 1 fully saturated rings. The molecule has 2 rings (SSSR count). The Morgan fingerprint density at radius 1 is 1.53 bits per heavy atom. The second kappa shape index (κ2) is 5.24. The Kier molecular flexibility index (Phi) is 3.84. The van der Waals surface area contributed by atoms with Gasteiger partial charge in [0.15, 0.2) is 5.03 Å². The van der Waals surface area contributed by atoms with Gasteiger partial charge in [-0.15, -0.1) is 0 Å². The van der Waals surface area contributed by atoms with Crippen LogP contribution in [0.5, 0.6) is 0 Å². The van der Waals surface area contributed by atoms with E-state index in [2.05, 4.69) is 10.1 Å². The summed E-state index contributed by atoms with van der Waals surface area (Å²) in [6.45, 7) is 2.24. The fourth-order valence-electron chi connectivity index (χ4n) is 2.38. The minimum Gasteiger partial charge on any atom is -0.256 e. The number of hydrogen-bond donors (Lipinski definition) is 0. The summed E-state index contributed by atoms with van der Waals surface area (Å²) < 4.78 is 27.7. The van der Waals surface area contributed by atoms with Crippen molar-refractivity contribution in [3.63, 3.8) is 0 Å². The van der Waals surface area contributed by atoms with Gasteiger partial charge in [-0.3, -0.25) is 4.68 Å². The summed E-state index contributed by atoms with van der Waals surface area (Å²) in [4.78, 5) is 14.2. The number of carbonyl (C=O) groups excluding carboxylic acids is 1. The number of isocyanates is 1. The van der Waals surface area contributed by atoms with Gasteiger partial charge >= 0.3 is 0 Å². The second-order valence-electron chi connectivity index (χ2n) is 4.66. The molecule has 104 valence electrons. The highest BCUT2D eigenvalue weighted by molar-refractivity contribution is 7.89. The first-order valence-electron chi connectivity index (χ1n) is 6.05. The van der Waals surface area contributed by atoms with Crippen LogP contribution in [0.25, 0.3) is 0 Å². The Labute approximate surface area is 112 Å². The van der Waals surface area contributed by atoms with Crippen molar-refractivity contribution < 1.29 is 13.2 Å². The molecule has 1 aromatic rings. The van der Waals surface area contributed by atoms with E-state index in [0.717, 1.165) is 12.8 Å². The van der Waals surface area contributed by atoms with Crippen molar-refractivity contribution in [2.45, 2.75) is 31.0 Å². The fraction of sp³-hybridized carbons (Fsp3) is 0.636. The van der Waals surface area contributed by atoms with Crippen LogP contribution in [0, 0.1) is 5.92 Å². The lowest BCUT2D eigenvalue weighted by molar-refractivity contribution is 0.193. The van der Waals surface area contributed by atoms with Crippen LogP contribution in [0.2, 0.25) is 0 Å². The minimum atomic E-state index is -3.69. The number of aliphatic imine (C=N–C) groups is 1. The summed E-state index contributed by atoms with van der Waals surface area (Å²) in [5, 5.41) is 3.98. The SMILES string of the molecule is CC1CCCN(S(=O)(=O)c2ccnn2C)C1N=C=O. The molecule has 19 heavy (non-hydrogen) atoms. The molecule has 2 atom stereocenters. The monoisotopic (exact) mass is 284 g/mol. The van der Waals surface area contributed by atoms with Crippen LogP contribution in [-0.2, 0) is 21.9 Å². The Balaban J connectivity index is 2.43. The van der Waals surface area contributed by atoms with Crippen molar-refractivity contribution in [1.29, 1.82) is 0 Å². The molecule has 0 bridgehead atoms. The zero-order chi connectivity index (χ0) is 14.0. The standard InChI is InChI=1S/C11H16N4O3S/c1-9-4-3-7-15(11(9)12-8-16)19(17,18)10-5-6-13-14(10)2/h5-6,9,11H,3-4,7H2,1-2H3. The Bertz CT molecular complexity index is 603. The Hall–Kier alpha value is -1.50. The number of aryl methyl sites for hydroxylation is 1. The van der Waals surface area contributed by atoms with Crippen molar-refractivity contribution in [2.24, 2.45) is 18.0 Å². The van der Waals surface area contributed by atoms with Gasteiger partial charge in [-0.25, -0.2) is 13.2 Å². The maximum atomic E-state index is 12.6. The molecule has 0 aliphatic carbocycles. The smallest absolute Gasteiger partial charge is 0.256 e. The summed E-state index contributed by atoms with van der Waals surface area (Å²) in [5.74, 6) is -0.00166. The summed E-state index contributed by atoms with van der Waals surface area (Å²) in [5.41, 5.74) is 0. The van der Waals surface area contributed by atoms with E-state index in [4.69, 9.17) is 0 Å². The molecule has 8 heteroatoms. The molecule has 1 aromatic heterocycles. The van der Waals surface area contributed by atoms with Crippen LogP contribution in [-0.4, -0.2) is 41.3 Å². The van der Waals surface area contributed by atoms with Gasteiger partial charge in [0.05, 0.1) is 6.20 Å². The Morgan fingerprint density at radius 3 is 2.84 bits per heavy atom. The third kappa shape index (κ3) is 2.47. The Morgan fingerprint density at radius 2 is 2.26 bits per heavy atom. The van der Waals surface area contributed by atoms with Crippen LogP contribution in [0.3, 0.4) is 0 Å². The molecule has 0 aromatic carbocycles. The molecule has 0 spiro atoms. The van der Waals surface area contributed by atoms with Gasteiger partial charge in [0.1, 0.15) is 6.17 Å². The van der Waals surface area contributed by atoms with Crippen molar-refractivity contribution in [3.8, 4) is 0 Å². The van der Waals surface area contributed by atoms with E-state index in [0.29, 0.717) is 6.54 Å². The van der Waals surface area contributed by atoms with Crippen LogP contribution >= 0.6 is 0 Å². The van der Waals surface area contributed by atoms with Crippen molar-refractivity contribution in [2.75, 3.05) is 6.54 Å². The van der Waals surface area contributed by atoms with Crippen molar-refractivity contribution >= 4 is 16.1 Å². The highest BCUT2D eigenvalue weighted by Crippen LogP contribution is 2.29. The van der Waals surface area contributed by atoms with Gasteiger partial charge in [-0.05, 0) is 24.8 Å². The lowest BCUT2D eigenvalue weighted by atomic mass is 9.98. The number of hydrogen-bond acceptors (Lipinski definition) is 5. The molecule has 2 heterocycles. The minimum absolute atomic E-state index is 0.00166. The van der Waals surface area contributed by atoms with Gasteiger partial charge in [-0.2, -0.15) is 14.4 Å². The molecule has 1 saturated heterocycles. The van der Waals surface area contributed by atoms with E-state index in [1.807, 2.05) is 6.92 Å². The maximum absolute atomic E-state index is 12.6. The molecule has 0 amide bonds. The average Bonchev–Trinajstić information content (AvgIpc) is 2.79. The first kappa shape index (κ1) is 13.9. The van der Waals surface area contributed by atoms with Crippen LogP contribution in [0.1, 0.15) is 19.8 Å². The summed E-state index contributed by atoms with van der Waals surface area (Å²) in [6.07, 6.45) is 3.82. The topological polar surface area (TPSA) is 84.6 Å². The molecular formula is C11H16N4O3S. The molecule has 7 nitrogen and oxygen atoms in total. The summed E-state index contributed by atoms with van der Waals surface area (Å²) >= 11 is 0. The second-order valence-corrected chi connectivity index (χ2v) is 6.50. The molecule has 0 radical (unpaired) electrons. The normalized spacial score (nSPS) is 24.9. The van der Waals surface area contributed by atoms with Crippen LogP contribution < -0.4 is 0 Å². The number of sulfonamides is 1. The zero-order valence-corrected chi connectivity index (χ0v) is 11.7. The summed E-state index contributed by atoms with van der Waals surface area (Å²) in [7, 11) is -2.12. The number of aromatic nitrogens is 2. The van der Waals surface area contributed by atoms with Gasteiger partial charge in [0, 0.05) is 13.6 Å². The largest absolute Gasteiger partial charge is 0.262 e. The first-order chi connectivity index (χ1) is 8.98. The van der Waals surface area contributed by atoms with E-state index < -0.39 is 16.2 Å². The highest BCUT2D eigenvalue weighted by Gasteiger charge is 2.38. The maximum Gasteiger partial charge on any atom is 0.262 e. The molecule has 1 aliphatic rings. The lowest BCUT2D eigenvalue weighted by Gasteiger charge is -2.35. The number of nitrogens with zero attached hydrogens (tertiary/aromatic N) is 4. The predicted octanol–water partition coefficient (Wildman–Crippen LogP) is 0.503.